The number of hydrogen-bond acceptors (Lipinski definition) is 5. The lowest BCUT2D eigenvalue weighted by atomic mass is 9.99. The van der Waals surface area contributed by atoms with E-state index in [1.165, 1.54) is 17.4 Å². The summed E-state index contributed by atoms with van der Waals surface area (Å²) in [5, 5.41) is 12.7. The molecule has 2 amide bonds. The van der Waals surface area contributed by atoms with E-state index in [0.29, 0.717) is 17.3 Å². The molecule has 7 heteroatoms. The average Bonchev–Trinajstić information content (AvgIpc) is 2.91. The summed E-state index contributed by atoms with van der Waals surface area (Å²) < 4.78 is 0. The Morgan fingerprint density at radius 2 is 1.65 bits per heavy atom. The number of rotatable bonds is 4. The molecule has 4 rings (SSSR count). The average molecular weight is 353 g/mol. The van der Waals surface area contributed by atoms with Gasteiger partial charge in [0.15, 0.2) is 0 Å². The van der Waals surface area contributed by atoms with Crippen molar-refractivity contribution < 1.29 is 14.5 Å². The fraction of sp³-hybridized carbons (Fsp3) is 0.368. The normalized spacial score (nSPS) is 17.8. The summed E-state index contributed by atoms with van der Waals surface area (Å²) >= 11 is 0. The quantitative estimate of drug-likeness (QED) is 0.479. The lowest BCUT2D eigenvalue weighted by Crippen LogP contribution is -2.40. The van der Waals surface area contributed by atoms with Gasteiger partial charge in [-0.3, -0.25) is 24.6 Å². The molecule has 26 heavy (non-hydrogen) atoms. The zero-order valence-electron chi connectivity index (χ0n) is 14.3. The molecule has 0 spiro atoms. The van der Waals surface area contributed by atoms with Crippen molar-refractivity contribution in [3.8, 4) is 0 Å². The standard InChI is InChI=1S/C19H19N3O4/c23-18-16-14-7-3-2-6-13(14)12-15(22(25)26)17(16)19(24)21(18)11-10-20-8-4-1-5-9-20/h2-3,6-7,12H,1,4-5,8-11H2. The Hall–Kier alpha value is -2.80. The molecule has 2 aromatic carbocycles. The van der Waals surface area contributed by atoms with Crippen molar-refractivity contribution in [1.29, 1.82) is 0 Å². The van der Waals surface area contributed by atoms with E-state index >= 15 is 0 Å². The van der Waals surface area contributed by atoms with Crippen LogP contribution in [0.3, 0.4) is 0 Å². The number of nitro benzene ring substituents is 1. The highest BCUT2D eigenvalue weighted by Crippen LogP contribution is 2.36. The number of nitrogens with zero attached hydrogens (tertiary/aromatic N) is 3. The van der Waals surface area contributed by atoms with Crippen molar-refractivity contribution in [1.82, 2.24) is 9.80 Å². The maximum absolute atomic E-state index is 12.9. The van der Waals surface area contributed by atoms with Gasteiger partial charge in [-0.05, 0) is 36.7 Å². The van der Waals surface area contributed by atoms with Gasteiger partial charge in [0.1, 0.15) is 5.56 Å². The van der Waals surface area contributed by atoms with E-state index in [-0.39, 0.29) is 23.4 Å². The molecule has 0 aliphatic carbocycles. The largest absolute Gasteiger partial charge is 0.302 e. The lowest BCUT2D eigenvalue weighted by molar-refractivity contribution is -0.385. The zero-order valence-corrected chi connectivity index (χ0v) is 14.3. The van der Waals surface area contributed by atoms with Crippen molar-refractivity contribution >= 4 is 28.3 Å². The van der Waals surface area contributed by atoms with Crippen LogP contribution in [0.4, 0.5) is 5.69 Å². The minimum absolute atomic E-state index is 0.0719. The van der Waals surface area contributed by atoms with E-state index in [4.69, 9.17) is 0 Å². The molecule has 0 N–H and O–H groups in total. The van der Waals surface area contributed by atoms with Crippen LogP contribution < -0.4 is 0 Å². The summed E-state index contributed by atoms with van der Waals surface area (Å²) in [5.74, 6) is -0.985. The van der Waals surface area contributed by atoms with Crippen LogP contribution in [0.15, 0.2) is 30.3 Å². The topological polar surface area (TPSA) is 83.8 Å². The van der Waals surface area contributed by atoms with Gasteiger partial charge in [-0.2, -0.15) is 0 Å². The lowest BCUT2D eigenvalue weighted by Gasteiger charge is -2.27. The molecule has 0 radical (unpaired) electrons. The highest BCUT2D eigenvalue weighted by atomic mass is 16.6. The Labute approximate surface area is 150 Å². The second-order valence-corrected chi connectivity index (χ2v) is 6.79. The molecule has 0 saturated carbocycles. The first-order valence-corrected chi connectivity index (χ1v) is 8.86. The predicted molar refractivity (Wildman–Crippen MR) is 96.3 cm³/mol. The number of fused-ring (bicyclic) bond motifs is 3. The zero-order chi connectivity index (χ0) is 18.3. The second-order valence-electron chi connectivity index (χ2n) is 6.79. The molecule has 7 nitrogen and oxygen atoms in total. The molecule has 0 unspecified atom stereocenters. The highest BCUT2D eigenvalue weighted by molar-refractivity contribution is 6.28. The fourth-order valence-electron chi connectivity index (χ4n) is 3.91. The number of benzene rings is 2. The van der Waals surface area contributed by atoms with Gasteiger partial charge in [0.05, 0.1) is 10.5 Å². The van der Waals surface area contributed by atoms with Gasteiger partial charge in [-0.1, -0.05) is 30.7 Å². The smallest absolute Gasteiger partial charge is 0.283 e. The van der Waals surface area contributed by atoms with Crippen LogP contribution in [0.25, 0.3) is 10.8 Å². The summed E-state index contributed by atoms with van der Waals surface area (Å²) in [6.45, 7) is 2.80. The number of piperidine rings is 1. The first-order valence-electron chi connectivity index (χ1n) is 8.86. The molecular weight excluding hydrogens is 334 g/mol. The number of hydrogen-bond donors (Lipinski definition) is 0. The molecule has 0 atom stereocenters. The molecule has 0 aromatic heterocycles. The van der Waals surface area contributed by atoms with Gasteiger partial charge in [0, 0.05) is 19.2 Å². The number of likely N-dealkylation sites (tertiary alicyclic amines) is 1. The molecule has 2 aromatic rings. The minimum atomic E-state index is -0.579. The molecule has 2 aliphatic rings. The van der Waals surface area contributed by atoms with Gasteiger partial charge < -0.3 is 4.90 Å². The summed E-state index contributed by atoms with van der Waals surface area (Å²) in [4.78, 5) is 40.1. The van der Waals surface area contributed by atoms with Crippen LogP contribution in [0.5, 0.6) is 0 Å². The molecular formula is C19H19N3O4. The third kappa shape index (κ3) is 2.64. The van der Waals surface area contributed by atoms with Crippen molar-refractivity contribution in [3.05, 3.63) is 51.6 Å². The number of carbonyl (C=O) groups excluding carboxylic acids is 2. The Balaban J connectivity index is 1.71. The van der Waals surface area contributed by atoms with Crippen LogP contribution in [-0.4, -0.2) is 52.7 Å². The monoisotopic (exact) mass is 353 g/mol. The van der Waals surface area contributed by atoms with Crippen LogP contribution in [0.1, 0.15) is 40.0 Å². The third-order valence-electron chi connectivity index (χ3n) is 5.23. The van der Waals surface area contributed by atoms with Crippen LogP contribution in [0.2, 0.25) is 0 Å². The second kappa shape index (κ2) is 6.49. The van der Waals surface area contributed by atoms with Crippen molar-refractivity contribution in [3.63, 3.8) is 0 Å². The van der Waals surface area contributed by atoms with E-state index in [0.717, 1.165) is 25.9 Å². The first-order chi connectivity index (χ1) is 12.6. The predicted octanol–water partition coefficient (Wildman–Crippen LogP) is 2.83. The first kappa shape index (κ1) is 16.7. The number of nitro groups is 1. The molecule has 1 saturated heterocycles. The van der Waals surface area contributed by atoms with Gasteiger partial charge in [-0.25, -0.2) is 0 Å². The Morgan fingerprint density at radius 3 is 2.38 bits per heavy atom. The highest BCUT2D eigenvalue weighted by Gasteiger charge is 2.42. The van der Waals surface area contributed by atoms with E-state index < -0.39 is 16.7 Å². The maximum atomic E-state index is 12.9. The van der Waals surface area contributed by atoms with Crippen LogP contribution in [0, 0.1) is 10.1 Å². The van der Waals surface area contributed by atoms with E-state index in [1.807, 2.05) is 0 Å². The van der Waals surface area contributed by atoms with Crippen molar-refractivity contribution in [2.24, 2.45) is 0 Å². The van der Waals surface area contributed by atoms with Gasteiger partial charge >= 0.3 is 0 Å². The third-order valence-corrected chi connectivity index (χ3v) is 5.23. The summed E-state index contributed by atoms with van der Waals surface area (Å²) in [6.07, 6.45) is 3.46. The van der Waals surface area contributed by atoms with Gasteiger partial charge in [0.25, 0.3) is 17.5 Å². The molecule has 0 bridgehead atoms. The SMILES string of the molecule is O=C1c2c([N+](=O)[O-])cc3ccccc3c2C(=O)N1CCN1CCCCC1. The van der Waals surface area contributed by atoms with Crippen LogP contribution >= 0.6 is 0 Å². The molecule has 1 fully saturated rings. The Kier molecular flexibility index (Phi) is 4.16. The van der Waals surface area contributed by atoms with E-state index in [9.17, 15) is 19.7 Å². The number of amides is 2. The molecule has 2 heterocycles. The van der Waals surface area contributed by atoms with Gasteiger partial charge in [0.2, 0.25) is 0 Å². The van der Waals surface area contributed by atoms with Gasteiger partial charge in [-0.15, -0.1) is 0 Å². The number of carbonyl (C=O) groups is 2. The summed E-state index contributed by atoms with van der Waals surface area (Å²) in [7, 11) is 0. The number of imide groups is 1. The summed E-state index contributed by atoms with van der Waals surface area (Å²) in [5.41, 5.74) is -0.201. The van der Waals surface area contributed by atoms with E-state index in [2.05, 4.69) is 4.90 Å². The maximum Gasteiger partial charge on any atom is 0.283 e. The summed E-state index contributed by atoms with van der Waals surface area (Å²) in [6, 6.07) is 8.36. The molecule has 134 valence electrons. The van der Waals surface area contributed by atoms with Crippen molar-refractivity contribution in [2.75, 3.05) is 26.2 Å². The fourth-order valence-corrected chi connectivity index (χ4v) is 3.91. The Morgan fingerprint density at radius 1 is 0.962 bits per heavy atom. The van der Waals surface area contributed by atoms with E-state index in [1.54, 1.807) is 24.3 Å². The Bertz CT molecular complexity index is 918. The van der Waals surface area contributed by atoms with Crippen LogP contribution in [-0.2, 0) is 0 Å². The minimum Gasteiger partial charge on any atom is -0.302 e. The molecule has 2 aliphatic heterocycles. The van der Waals surface area contributed by atoms with Crippen molar-refractivity contribution in [2.45, 2.75) is 19.3 Å².